The number of piperidine rings is 1. The Kier molecular flexibility index (Phi) is 4.84. The maximum atomic E-state index is 13.2. The molecule has 1 aliphatic rings. The Morgan fingerprint density at radius 1 is 1.00 bits per heavy atom. The fourth-order valence-electron chi connectivity index (χ4n) is 3.20. The number of rotatable bonds is 4. The van der Waals surface area contributed by atoms with Crippen LogP contribution in [0.5, 0.6) is 0 Å². The van der Waals surface area contributed by atoms with Gasteiger partial charge in [-0.05, 0) is 43.5 Å². The SMILES string of the molecule is Nc1ncc(-c2cc(S(=O)(=O)c3ccccc3)cc(N3CCCCC3)n2)s1. The minimum absolute atomic E-state index is 0.242. The highest BCUT2D eigenvalue weighted by Gasteiger charge is 2.22. The minimum Gasteiger partial charge on any atom is -0.375 e. The van der Waals surface area contributed by atoms with Crippen molar-refractivity contribution in [2.24, 2.45) is 0 Å². The Bertz CT molecular complexity index is 1040. The molecule has 0 bridgehead atoms. The molecular formula is C19H20N4O2S2. The van der Waals surface area contributed by atoms with Gasteiger partial charge in [0.2, 0.25) is 9.84 Å². The lowest BCUT2D eigenvalue weighted by Crippen LogP contribution is -2.30. The van der Waals surface area contributed by atoms with Gasteiger partial charge in [0.1, 0.15) is 5.82 Å². The van der Waals surface area contributed by atoms with Crippen molar-refractivity contribution in [2.75, 3.05) is 23.7 Å². The molecular weight excluding hydrogens is 380 g/mol. The summed E-state index contributed by atoms with van der Waals surface area (Å²) >= 11 is 1.30. The molecule has 0 amide bonds. The lowest BCUT2D eigenvalue weighted by Gasteiger charge is -2.28. The molecule has 1 aliphatic heterocycles. The van der Waals surface area contributed by atoms with Gasteiger partial charge in [0, 0.05) is 19.3 Å². The lowest BCUT2D eigenvalue weighted by atomic mass is 10.1. The molecule has 0 saturated carbocycles. The van der Waals surface area contributed by atoms with E-state index < -0.39 is 9.84 Å². The Labute approximate surface area is 162 Å². The summed E-state index contributed by atoms with van der Waals surface area (Å²) in [5.74, 6) is 0.689. The molecule has 8 heteroatoms. The van der Waals surface area contributed by atoms with Crippen LogP contribution in [0.2, 0.25) is 0 Å². The summed E-state index contributed by atoms with van der Waals surface area (Å²) in [6.45, 7) is 1.76. The first-order valence-electron chi connectivity index (χ1n) is 8.83. The molecule has 3 heterocycles. The van der Waals surface area contributed by atoms with E-state index in [1.807, 2.05) is 0 Å². The Morgan fingerprint density at radius 2 is 1.74 bits per heavy atom. The van der Waals surface area contributed by atoms with Gasteiger partial charge in [-0.25, -0.2) is 18.4 Å². The maximum absolute atomic E-state index is 13.2. The van der Waals surface area contributed by atoms with Gasteiger partial charge in [-0.2, -0.15) is 0 Å². The van der Waals surface area contributed by atoms with Gasteiger partial charge in [-0.15, -0.1) is 0 Å². The van der Waals surface area contributed by atoms with E-state index in [2.05, 4.69) is 9.88 Å². The Hall–Kier alpha value is -2.45. The highest BCUT2D eigenvalue weighted by molar-refractivity contribution is 7.91. The first-order chi connectivity index (χ1) is 13.0. The third kappa shape index (κ3) is 3.68. The van der Waals surface area contributed by atoms with E-state index in [1.165, 1.54) is 17.8 Å². The average Bonchev–Trinajstić information content (AvgIpc) is 3.15. The molecule has 6 nitrogen and oxygen atoms in total. The topological polar surface area (TPSA) is 89.2 Å². The number of hydrogen-bond donors (Lipinski definition) is 1. The van der Waals surface area contributed by atoms with Gasteiger partial charge in [0.15, 0.2) is 5.13 Å². The molecule has 0 spiro atoms. The molecule has 0 aliphatic carbocycles. The van der Waals surface area contributed by atoms with Gasteiger partial charge in [-0.1, -0.05) is 29.5 Å². The molecule has 1 saturated heterocycles. The molecule has 3 aromatic rings. The number of anilines is 2. The molecule has 1 aromatic carbocycles. The number of benzene rings is 1. The van der Waals surface area contributed by atoms with Crippen LogP contribution < -0.4 is 10.6 Å². The molecule has 0 radical (unpaired) electrons. The summed E-state index contributed by atoms with van der Waals surface area (Å²) in [4.78, 5) is 12.2. The second-order valence-electron chi connectivity index (χ2n) is 6.47. The van der Waals surface area contributed by atoms with Gasteiger partial charge in [0.25, 0.3) is 0 Å². The van der Waals surface area contributed by atoms with E-state index in [1.54, 1.807) is 48.7 Å². The third-order valence-electron chi connectivity index (χ3n) is 4.61. The van der Waals surface area contributed by atoms with Gasteiger partial charge in [-0.3, -0.25) is 0 Å². The molecule has 1 fully saturated rings. The van der Waals surface area contributed by atoms with E-state index >= 15 is 0 Å². The normalized spacial score (nSPS) is 15.0. The first kappa shape index (κ1) is 17.9. The quantitative estimate of drug-likeness (QED) is 0.720. The van der Waals surface area contributed by atoms with Crippen LogP contribution in [0.15, 0.2) is 58.5 Å². The van der Waals surface area contributed by atoms with Crippen LogP contribution in [-0.4, -0.2) is 31.5 Å². The molecule has 4 rings (SSSR count). The Balaban J connectivity index is 1.85. The summed E-state index contributed by atoms with van der Waals surface area (Å²) in [6.07, 6.45) is 5.00. The molecule has 140 valence electrons. The smallest absolute Gasteiger partial charge is 0.206 e. The van der Waals surface area contributed by atoms with Crippen LogP contribution in [0.3, 0.4) is 0 Å². The fourth-order valence-corrected chi connectivity index (χ4v) is 5.16. The second-order valence-corrected chi connectivity index (χ2v) is 9.49. The van der Waals surface area contributed by atoms with Crippen LogP contribution >= 0.6 is 11.3 Å². The number of hydrogen-bond acceptors (Lipinski definition) is 7. The summed E-state index contributed by atoms with van der Waals surface area (Å²) in [5.41, 5.74) is 6.35. The standard InChI is InChI=1S/C19H20N4O2S2/c20-19-21-13-17(26-19)16-11-15(27(24,25)14-7-3-1-4-8-14)12-18(22-16)23-9-5-2-6-10-23/h1,3-4,7-8,11-13H,2,5-6,9-10H2,(H2,20,21). The van der Waals surface area contributed by atoms with Crippen LogP contribution in [0.4, 0.5) is 10.9 Å². The van der Waals surface area contributed by atoms with Crippen LogP contribution in [-0.2, 0) is 9.84 Å². The number of nitrogen functional groups attached to an aromatic ring is 1. The van der Waals surface area contributed by atoms with E-state index in [9.17, 15) is 8.42 Å². The zero-order valence-corrected chi connectivity index (χ0v) is 16.3. The van der Waals surface area contributed by atoms with Crippen molar-refractivity contribution in [1.29, 1.82) is 0 Å². The predicted octanol–water partition coefficient (Wildman–Crippen LogP) is 3.61. The van der Waals surface area contributed by atoms with Crippen molar-refractivity contribution in [3.05, 3.63) is 48.7 Å². The van der Waals surface area contributed by atoms with Crippen molar-refractivity contribution in [2.45, 2.75) is 29.1 Å². The largest absolute Gasteiger partial charge is 0.375 e. The fraction of sp³-hybridized carbons (Fsp3) is 0.263. The van der Waals surface area contributed by atoms with E-state index in [0.29, 0.717) is 16.6 Å². The molecule has 0 atom stereocenters. The maximum Gasteiger partial charge on any atom is 0.206 e. The number of thiazole rings is 1. The summed E-state index contributed by atoms with van der Waals surface area (Å²) < 4.78 is 26.3. The van der Waals surface area contributed by atoms with Crippen molar-refractivity contribution >= 4 is 32.1 Å². The van der Waals surface area contributed by atoms with Crippen LogP contribution in [0, 0.1) is 0 Å². The van der Waals surface area contributed by atoms with E-state index in [4.69, 9.17) is 10.7 Å². The van der Waals surface area contributed by atoms with Crippen molar-refractivity contribution in [3.63, 3.8) is 0 Å². The number of pyridine rings is 1. The zero-order chi connectivity index (χ0) is 18.9. The highest BCUT2D eigenvalue weighted by Crippen LogP contribution is 2.32. The van der Waals surface area contributed by atoms with Crippen molar-refractivity contribution in [1.82, 2.24) is 9.97 Å². The van der Waals surface area contributed by atoms with Crippen LogP contribution in [0.25, 0.3) is 10.6 Å². The van der Waals surface area contributed by atoms with Gasteiger partial charge < -0.3 is 10.6 Å². The third-order valence-corrected chi connectivity index (χ3v) is 7.20. The van der Waals surface area contributed by atoms with Crippen molar-refractivity contribution in [3.8, 4) is 10.6 Å². The minimum atomic E-state index is -3.64. The summed E-state index contributed by atoms with van der Waals surface area (Å²) in [6, 6.07) is 11.8. The summed E-state index contributed by atoms with van der Waals surface area (Å²) in [7, 11) is -3.64. The molecule has 2 aromatic heterocycles. The van der Waals surface area contributed by atoms with E-state index in [0.717, 1.165) is 30.8 Å². The molecule has 2 N–H and O–H groups in total. The first-order valence-corrected chi connectivity index (χ1v) is 11.1. The Morgan fingerprint density at radius 3 is 2.41 bits per heavy atom. The van der Waals surface area contributed by atoms with Gasteiger partial charge in [0.05, 0.1) is 20.4 Å². The van der Waals surface area contributed by atoms with E-state index in [-0.39, 0.29) is 9.79 Å². The number of nitrogens with zero attached hydrogens (tertiary/aromatic N) is 3. The molecule has 0 unspecified atom stereocenters. The predicted molar refractivity (Wildman–Crippen MR) is 108 cm³/mol. The average molecular weight is 401 g/mol. The lowest BCUT2D eigenvalue weighted by molar-refractivity contribution is 0.572. The highest BCUT2D eigenvalue weighted by atomic mass is 32.2. The monoisotopic (exact) mass is 400 g/mol. The molecule has 27 heavy (non-hydrogen) atoms. The zero-order valence-electron chi connectivity index (χ0n) is 14.7. The number of nitrogens with two attached hydrogens (primary N) is 1. The number of aromatic nitrogens is 2. The number of sulfone groups is 1. The summed E-state index contributed by atoms with van der Waals surface area (Å²) in [5, 5.41) is 0.433. The van der Waals surface area contributed by atoms with Crippen molar-refractivity contribution < 1.29 is 8.42 Å². The second kappa shape index (κ2) is 7.28. The van der Waals surface area contributed by atoms with Gasteiger partial charge >= 0.3 is 0 Å². The van der Waals surface area contributed by atoms with Crippen LogP contribution in [0.1, 0.15) is 19.3 Å².